The summed E-state index contributed by atoms with van der Waals surface area (Å²) in [6, 6.07) is 24.5. The van der Waals surface area contributed by atoms with Gasteiger partial charge in [-0.2, -0.15) is 0 Å². The average Bonchev–Trinajstić information content (AvgIpc) is 3.07. The van der Waals surface area contributed by atoms with Crippen molar-refractivity contribution in [1.82, 2.24) is 15.0 Å². The lowest BCUT2D eigenvalue weighted by Gasteiger charge is -2.19. The van der Waals surface area contributed by atoms with Gasteiger partial charge in [-0.25, -0.2) is 4.68 Å². The van der Waals surface area contributed by atoms with Crippen molar-refractivity contribution in [3.63, 3.8) is 0 Å². The van der Waals surface area contributed by atoms with Gasteiger partial charge in [0.15, 0.2) is 0 Å². The first-order valence-corrected chi connectivity index (χ1v) is 7.83. The van der Waals surface area contributed by atoms with Crippen LogP contribution in [-0.2, 0) is 0 Å². The lowest BCUT2D eigenvalue weighted by atomic mass is 9.98. The number of nitro benzene ring substituents is 1. The summed E-state index contributed by atoms with van der Waals surface area (Å²) in [5.41, 5.74) is 3.41. The van der Waals surface area contributed by atoms with Gasteiger partial charge in [0.25, 0.3) is 5.69 Å². The molecule has 6 heteroatoms. The van der Waals surface area contributed by atoms with Crippen LogP contribution in [0.2, 0.25) is 0 Å². The molecule has 3 aromatic carbocycles. The van der Waals surface area contributed by atoms with Crippen molar-refractivity contribution in [2.24, 2.45) is 0 Å². The predicted molar refractivity (Wildman–Crippen MR) is 94.3 cm³/mol. The average molecular weight is 330 g/mol. The maximum absolute atomic E-state index is 11.0. The fourth-order valence-corrected chi connectivity index (χ4v) is 2.98. The molecule has 0 atom stereocenters. The van der Waals surface area contributed by atoms with Crippen LogP contribution in [0.15, 0.2) is 78.9 Å². The van der Waals surface area contributed by atoms with E-state index >= 15 is 0 Å². The SMILES string of the molecule is O=[N+]([O-])c1ccc2c(c1)nnn2C(c1ccccc1)c1ccccc1. The molecule has 0 amide bonds. The molecule has 0 aliphatic heterocycles. The normalized spacial score (nSPS) is 11.1. The molecule has 0 unspecified atom stereocenters. The van der Waals surface area contributed by atoms with Crippen molar-refractivity contribution in [3.05, 3.63) is 100 Å². The number of aromatic nitrogens is 3. The Hall–Kier alpha value is -3.54. The van der Waals surface area contributed by atoms with Crippen molar-refractivity contribution in [2.75, 3.05) is 0 Å². The molecular weight excluding hydrogens is 316 g/mol. The summed E-state index contributed by atoms with van der Waals surface area (Å²) in [6.45, 7) is 0. The van der Waals surface area contributed by atoms with E-state index in [1.54, 1.807) is 6.07 Å². The number of rotatable bonds is 4. The van der Waals surface area contributed by atoms with E-state index in [1.165, 1.54) is 12.1 Å². The van der Waals surface area contributed by atoms with E-state index in [2.05, 4.69) is 10.3 Å². The number of benzene rings is 3. The summed E-state index contributed by atoms with van der Waals surface area (Å²) in [4.78, 5) is 10.6. The third-order valence-corrected chi connectivity index (χ3v) is 4.14. The van der Waals surface area contributed by atoms with Crippen molar-refractivity contribution >= 4 is 16.7 Å². The Labute approximate surface area is 143 Å². The summed E-state index contributed by atoms with van der Waals surface area (Å²) in [6.07, 6.45) is 0. The Balaban J connectivity index is 1.91. The summed E-state index contributed by atoms with van der Waals surface area (Å²) < 4.78 is 1.81. The second kappa shape index (κ2) is 6.16. The highest BCUT2D eigenvalue weighted by Gasteiger charge is 2.21. The van der Waals surface area contributed by atoms with Crippen LogP contribution in [0.1, 0.15) is 17.2 Å². The number of hydrogen-bond donors (Lipinski definition) is 0. The van der Waals surface area contributed by atoms with Gasteiger partial charge < -0.3 is 0 Å². The highest BCUT2D eigenvalue weighted by atomic mass is 16.6. The monoisotopic (exact) mass is 330 g/mol. The van der Waals surface area contributed by atoms with Gasteiger partial charge in [-0.1, -0.05) is 65.9 Å². The van der Waals surface area contributed by atoms with Crippen LogP contribution in [0.4, 0.5) is 5.69 Å². The van der Waals surface area contributed by atoms with Crippen molar-refractivity contribution in [2.45, 2.75) is 6.04 Å². The smallest absolute Gasteiger partial charge is 0.258 e. The Morgan fingerprint density at radius 3 is 2.04 bits per heavy atom. The molecule has 0 saturated carbocycles. The molecule has 0 bridgehead atoms. The first-order chi connectivity index (χ1) is 12.2. The first kappa shape index (κ1) is 15.0. The molecule has 0 N–H and O–H groups in total. The second-order valence-corrected chi connectivity index (χ2v) is 5.69. The van der Waals surface area contributed by atoms with Crippen molar-refractivity contribution < 1.29 is 4.92 Å². The maximum Gasteiger partial charge on any atom is 0.271 e. The highest BCUT2D eigenvalue weighted by molar-refractivity contribution is 5.77. The quantitative estimate of drug-likeness (QED) is 0.419. The van der Waals surface area contributed by atoms with E-state index in [1.807, 2.05) is 65.3 Å². The van der Waals surface area contributed by atoms with Crippen molar-refractivity contribution in [3.8, 4) is 0 Å². The van der Waals surface area contributed by atoms with Gasteiger partial charge in [-0.15, -0.1) is 5.10 Å². The number of hydrogen-bond acceptors (Lipinski definition) is 4. The van der Waals surface area contributed by atoms with Gasteiger partial charge >= 0.3 is 0 Å². The second-order valence-electron chi connectivity index (χ2n) is 5.69. The minimum Gasteiger partial charge on any atom is -0.258 e. The van der Waals surface area contributed by atoms with Crippen LogP contribution in [0.3, 0.4) is 0 Å². The molecule has 0 aliphatic rings. The minimum absolute atomic E-state index is 0.00974. The van der Waals surface area contributed by atoms with Crippen LogP contribution in [0, 0.1) is 10.1 Å². The summed E-state index contributed by atoms with van der Waals surface area (Å²) in [5.74, 6) is 0. The lowest BCUT2D eigenvalue weighted by Crippen LogP contribution is -2.13. The zero-order valence-corrected chi connectivity index (χ0v) is 13.2. The Bertz CT molecular complexity index is 990. The molecule has 4 rings (SSSR count). The first-order valence-electron chi connectivity index (χ1n) is 7.83. The van der Waals surface area contributed by atoms with Gasteiger partial charge in [-0.3, -0.25) is 10.1 Å². The third kappa shape index (κ3) is 2.74. The number of non-ortho nitro benzene ring substituents is 1. The van der Waals surface area contributed by atoms with Crippen molar-refractivity contribution in [1.29, 1.82) is 0 Å². The molecule has 0 aliphatic carbocycles. The largest absolute Gasteiger partial charge is 0.271 e. The van der Waals surface area contributed by atoms with Crippen LogP contribution >= 0.6 is 0 Å². The number of nitrogens with zero attached hydrogens (tertiary/aromatic N) is 4. The molecule has 0 saturated heterocycles. The molecule has 1 heterocycles. The molecule has 0 radical (unpaired) electrons. The molecule has 6 nitrogen and oxygen atoms in total. The molecule has 122 valence electrons. The summed E-state index contributed by atoms with van der Waals surface area (Å²) in [7, 11) is 0. The van der Waals surface area contributed by atoms with E-state index in [0.29, 0.717) is 5.52 Å². The predicted octanol–water partition coefficient (Wildman–Crippen LogP) is 3.98. The third-order valence-electron chi connectivity index (χ3n) is 4.14. The van der Waals surface area contributed by atoms with Crippen LogP contribution in [0.25, 0.3) is 11.0 Å². The van der Waals surface area contributed by atoms with E-state index in [0.717, 1.165) is 16.6 Å². The Kier molecular flexibility index (Phi) is 3.70. The zero-order chi connectivity index (χ0) is 17.2. The Morgan fingerprint density at radius 2 is 1.48 bits per heavy atom. The molecule has 0 spiro atoms. The lowest BCUT2D eigenvalue weighted by molar-refractivity contribution is -0.384. The standard InChI is InChI=1S/C19H14N4O2/c24-23(25)16-11-12-18-17(13-16)20-21-22(18)19(14-7-3-1-4-8-14)15-9-5-2-6-10-15/h1-13,19H. The minimum atomic E-state index is -0.426. The van der Waals surface area contributed by atoms with E-state index in [4.69, 9.17) is 0 Å². The summed E-state index contributed by atoms with van der Waals surface area (Å²) in [5, 5.41) is 19.4. The van der Waals surface area contributed by atoms with Crippen LogP contribution in [-0.4, -0.2) is 19.9 Å². The fraction of sp³-hybridized carbons (Fsp3) is 0.0526. The molecule has 0 fully saturated rings. The van der Waals surface area contributed by atoms with Crippen LogP contribution < -0.4 is 0 Å². The van der Waals surface area contributed by atoms with Gasteiger partial charge in [-0.05, 0) is 17.2 Å². The van der Waals surface area contributed by atoms with Gasteiger partial charge in [0.2, 0.25) is 0 Å². The van der Waals surface area contributed by atoms with Gasteiger partial charge in [0, 0.05) is 12.1 Å². The topological polar surface area (TPSA) is 73.8 Å². The van der Waals surface area contributed by atoms with Gasteiger partial charge in [0.05, 0.1) is 10.4 Å². The Morgan fingerprint density at radius 1 is 0.880 bits per heavy atom. The summed E-state index contributed by atoms with van der Waals surface area (Å²) >= 11 is 0. The highest BCUT2D eigenvalue weighted by Crippen LogP contribution is 2.29. The zero-order valence-electron chi connectivity index (χ0n) is 13.2. The molecule has 4 aromatic rings. The van der Waals surface area contributed by atoms with E-state index in [-0.39, 0.29) is 11.7 Å². The fourth-order valence-electron chi connectivity index (χ4n) is 2.98. The van der Waals surface area contributed by atoms with E-state index in [9.17, 15) is 10.1 Å². The van der Waals surface area contributed by atoms with Gasteiger partial charge in [0.1, 0.15) is 11.6 Å². The van der Waals surface area contributed by atoms with Crippen LogP contribution in [0.5, 0.6) is 0 Å². The number of fused-ring (bicyclic) bond motifs is 1. The molecule has 25 heavy (non-hydrogen) atoms. The number of nitro groups is 1. The molecule has 1 aromatic heterocycles. The molecular formula is C19H14N4O2. The van der Waals surface area contributed by atoms with E-state index < -0.39 is 4.92 Å². The maximum atomic E-state index is 11.0.